The number of ether oxygens (including phenoxy) is 1. The highest BCUT2D eigenvalue weighted by Gasteiger charge is 2.30. The Balaban J connectivity index is 1.30. The highest BCUT2D eigenvalue weighted by Crippen LogP contribution is 2.32. The number of para-hydroxylation sites is 1. The van der Waals surface area contributed by atoms with Crippen LogP contribution in [0, 0.1) is 0 Å². The molecule has 1 fully saturated rings. The van der Waals surface area contributed by atoms with E-state index in [1.54, 1.807) is 18.2 Å². The maximum atomic E-state index is 13.0. The van der Waals surface area contributed by atoms with Crippen molar-refractivity contribution in [3.63, 3.8) is 0 Å². The SMILES string of the molecule is O=C(COC(=O)/C=C/c1ccc(S(=O)(=O)N2CCc3ccccc32)cc1)N[C@@H]1CCS(=O)(=O)C1. The fraction of sp³-hybridized carbons (Fsp3) is 0.304. The Morgan fingerprint density at radius 2 is 1.85 bits per heavy atom. The number of fused-ring (bicyclic) bond motifs is 1. The van der Waals surface area contributed by atoms with Crippen LogP contribution in [0.1, 0.15) is 17.5 Å². The molecular formula is C23H24N2O7S2. The molecule has 1 atom stereocenters. The lowest BCUT2D eigenvalue weighted by atomic mass is 10.2. The van der Waals surface area contributed by atoms with E-state index in [2.05, 4.69) is 5.32 Å². The van der Waals surface area contributed by atoms with Crippen LogP contribution in [0.3, 0.4) is 0 Å². The highest BCUT2D eigenvalue weighted by molar-refractivity contribution is 7.93. The molecule has 2 aliphatic heterocycles. The fourth-order valence-corrected chi connectivity index (χ4v) is 7.14. The van der Waals surface area contributed by atoms with Gasteiger partial charge in [0, 0.05) is 18.7 Å². The van der Waals surface area contributed by atoms with Crippen molar-refractivity contribution in [1.29, 1.82) is 0 Å². The predicted octanol–water partition coefficient (Wildman–Crippen LogP) is 1.30. The molecule has 0 bridgehead atoms. The summed E-state index contributed by atoms with van der Waals surface area (Å²) in [7, 11) is -6.82. The Hall–Kier alpha value is -3.18. The lowest BCUT2D eigenvalue weighted by molar-refractivity contribution is -0.143. The highest BCUT2D eigenvalue weighted by atomic mass is 32.2. The summed E-state index contributed by atoms with van der Waals surface area (Å²) in [6.45, 7) is -0.131. The van der Waals surface area contributed by atoms with Gasteiger partial charge in [0.1, 0.15) is 0 Å². The van der Waals surface area contributed by atoms with E-state index in [-0.39, 0.29) is 16.4 Å². The summed E-state index contributed by atoms with van der Waals surface area (Å²) in [4.78, 5) is 23.9. The Labute approximate surface area is 198 Å². The number of carbonyl (C=O) groups excluding carboxylic acids is 2. The largest absolute Gasteiger partial charge is 0.452 e. The van der Waals surface area contributed by atoms with Crippen molar-refractivity contribution in [2.75, 3.05) is 29.0 Å². The van der Waals surface area contributed by atoms with Crippen molar-refractivity contribution in [3.05, 3.63) is 65.7 Å². The van der Waals surface area contributed by atoms with Crippen LogP contribution in [-0.4, -0.2) is 59.4 Å². The molecule has 0 spiro atoms. The lowest BCUT2D eigenvalue weighted by Crippen LogP contribution is -2.38. The molecule has 1 amide bonds. The van der Waals surface area contributed by atoms with Gasteiger partial charge in [0.25, 0.3) is 15.9 Å². The summed E-state index contributed by atoms with van der Waals surface area (Å²) in [5.41, 5.74) is 2.26. The molecule has 2 aromatic carbocycles. The Kier molecular flexibility index (Phi) is 6.76. The van der Waals surface area contributed by atoms with Gasteiger partial charge in [-0.2, -0.15) is 0 Å². The second kappa shape index (κ2) is 9.59. The molecule has 0 radical (unpaired) electrons. The standard InChI is InChI=1S/C23H24N2O7S2/c26-22(24-19-12-14-33(28,29)16-19)15-32-23(27)10-7-17-5-8-20(9-6-17)34(30,31)25-13-11-18-3-1-2-4-21(18)25/h1-10,19H,11-16H2,(H,24,26)/b10-7+/t19-/m1/s1. The number of anilines is 1. The summed E-state index contributed by atoms with van der Waals surface area (Å²) in [5.74, 6) is -1.39. The smallest absolute Gasteiger partial charge is 0.331 e. The summed E-state index contributed by atoms with van der Waals surface area (Å²) in [6.07, 6.45) is 3.59. The topological polar surface area (TPSA) is 127 Å². The van der Waals surface area contributed by atoms with Crippen LogP contribution in [0.15, 0.2) is 59.5 Å². The molecule has 0 aliphatic carbocycles. The fourth-order valence-electron chi connectivity index (χ4n) is 3.96. The molecule has 1 N–H and O–H groups in total. The number of nitrogens with zero attached hydrogens (tertiary/aromatic N) is 1. The van der Waals surface area contributed by atoms with Crippen molar-refractivity contribution >= 4 is 43.5 Å². The summed E-state index contributed by atoms with van der Waals surface area (Å²) in [6, 6.07) is 13.0. The van der Waals surface area contributed by atoms with Gasteiger partial charge in [-0.1, -0.05) is 30.3 Å². The molecule has 9 nitrogen and oxygen atoms in total. The van der Waals surface area contributed by atoms with Crippen LogP contribution in [-0.2, 0) is 40.6 Å². The molecule has 180 valence electrons. The van der Waals surface area contributed by atoms with Crippen molar-refractivity contribution < 1.29 is 31.2 Å². The van der Waals surface area contributed by atoms with Crippen molar-refractivity contribution in [2.24, 2.45) is 0 Å². The van der Waals surface area contributed by atoms with Gasteiger partial charge in [-0.25, -0.2) is 21.6 Å². The van der Waals surface area contributed by atoms with Gasteiger partial charge in [0.2, 0.25) is 0 Å². The van der Waals surface area contributed by atoms with Crippen molar-refractivity contribution in [1.82, 2.24) is 5.32 Å². The number of rotatable bonds is 7. The number of amides is 1. The Morgan fingerprint density at radius 1 is 1.12 bits per heavy atom. The van der Waals surface area contributed by atoms with E-state index in [1.165, 1.54) is 22.5 Å². The maximum Gasteiger partial charge on any atom is 0.331 e. The van der Waals surface area contributed by atoms with Crippen LogP contribution in [0.2, 0.25) is 0 Å². The predicted molar refractivity (Wildman–Crippen MR) is 126 cm³/mol. The first-order valence-electron chi connectivity index (χ1n) is 10.7. The maximum absolute atomic E-state index is 13.0. The minimum Gasteiger partial charge on any atom is -0.452 e. The minimum absolute atomic E-state index is 0.0336. The zero-order valence-electron chi connectivity index (χ0n) is 18.2. The van der Waals surface area contributed by atoms with E-state index in [1.807, 2.05) is 18.2 Å². The van der Waals surface area contributed by atoms with E-state index in [0.29, 0.717) is 30.6 Å². The van der Waals surface area contributed by atoms with Gasteiger partial charge in [-0.15, -0.1) is 0 Å². The van der Waals surface area contributed by atoms with Gasteiger partial charge < -0.3 is 10.1 Å². The normalized spacial score (nSPS) is 19.2. The molecule has 1 saturated heterocycles. The average molecular weight is 505 g/mol. The molecule has 4 rings (SSSR count). The summed E-state index contributed by atoms with van der Waals surface area (Å²) in [5, 5.41) is 2.53. The van der Waals surface area contributed by atoms with Crippen LogP contribution in [0.4, 0.5) is 5.69 Å². The van der Waals surface area contributed by atoms with Gasteiger partial charge >= 0.3 is 5.97 Å². The molecule has 11 heteroatoms. The molecular weight excluding hydrogens is 480 g/mol. The van der Waals surface area contributed by atoms with Gasteiger partial charge in [0.15, 0.2) is 16.4 Å². The number of hydrogen-bond acceptors (Lipinski definition) is 7. The molecule has 2 heterocycles. The third-order valence-electron chi connectivity index (χ3n) is 5.67. The number of hydrogen-bond donors (Lipinski definition) is 1. The number of nitrogens with one attached hydrogen (secondary N) is 1. The number of sulfone groups is 1. The van der Waals surface area contributed by atoms with E-state index in [9.17, 15) is 26.4 Å². The molecule has 2 aliphatic rings. The lowest BCUT2D eigenvalue weighted by Gasteiger charge is -2.19. The van der Waals surface area contributed by atoms with E-state index in [4.69, 9.17) is 4.74 Å². The molecule has 0 aromatic heterocycles. The van der Waals surface area contributed by atoms with Crippen molar-refractivity contribution in [3.8, 4) is 0 Å². The van der Waals surface area contributed by atoms with Gasteiger partial charge in [0.05, 0.1) is 22.1 Å². The molecule has 0 unspecified atom stereocenters. The van der Waals surface area contributed by atoms with Crippen LogP contribution < -0.4 is 9.62 Å². The third kappa shape index (κ3) is 5.48. The minimum atomic E-state index is -3.70. The monoisotopic (exact) mass is 504 g/mol. The number of benzene rings is 2. The molecule has 34 heavy (non-hydrogen) atoms. The molecule has 0 saturated carbocycles. The van der Waals surface area contributed by atoms with Gasteiger partial charge in [-0.3, -0.25) is 9.10 Å². The summed E-state index contributed by atoms with van der Waals surface area (Å²) >= 11 is 0. The average Bonchev–Trinajstić information content (AvgIpc) is 3.39. The first kappa shape index (κ1) is 24.0. The van der Waals surface area contributed by atoms with Crippen LogP contribution >= 0.6 is 0 Å². The van der Waals surface area contributed by atoms with Crippen LogP contribution in [0.5, 0.6) is 0 Å². The Morgan fingerprint density at radius 3 is 2.56 bits per heavy atom. The number of esters is 1. The third-order valence-corrected chi connectivity index (χ3v) is 9.26. The van der Waals surface area contributed by atoms with Gasteiger partial charge in [-0.05, 0) is 48.2 Å². The first-order chi connectivity index (χ1) is 16.1. The number of carbonyl (C=O) groups is 2. The van der Waals surface area contributed by atoms with E-state index >= 15 is 0 Å². The second-order valence-electron chi connectivity index (χ2n) is 8.13. The zero-order valence-corrected chi connectivity index (χ0v) is 19.8. The van der Waals surface area contributed by atoms with Crippen molar-refractivity contribution in [2.45, 2.75) is 23.8 Å². The van der Waals surface area contributed by atoms with Crippen LogP contribution in [0.25, 0.3) is 6.08 Å². The quantitative estimate of drug-likeness (QED) is 0.445. The Bertz CT molecular complexity index is 1330. The second-order valence-corrected chi connectivity index (χ2v) is 12.2. The van der Waals surface area contributed by atoms with E-state index in [0.717, 1.165) is 11.6 Å². The first-order valence-corrected chi connectivity index (χ1v) is 14.0. The van der Waals surface area contributed by atoms with E-state index < -0.39 is 44.4 Å². The number of sulfonamides is 1. The zero-order chi connectivity index (χ0) is 24.3. The molecule has 2 aromatic rings. The summed E-state index contributed by atoms with van der Waals surface area (Å²) < 4.78 is 55.2.